The Morgan fingerprint density at radius 1 is 0.979 bits per heavy atom. The number of likely N-dealkylation sites (N-methyl/N-ethyl adjacent to an activating group) is 1. The molecule has 3 aromatic rings. The Bertz CT molecular complexity index is 1520. The minimum atomic E-state index is -0.481. The molecule has 5 rings (SSSR count). The molecule has 0 spiro atoms. The van der Waals surface area contributed by atoms with Gasteiger partial charge in [-0.2, -0.15) is 0 Å². The summed E-state index contributed by atoms with van der Waals surface area (Å²) in [5, 5.41) is 15.9. The molecule has 4 atom stereocenters. The summed E-state index contributed by atoms with van der Waals surface area (Å²) >= 11 is 0. The average molecular weight is 661 g/mol. The first-order chi connectivity index (χ1) is 23.2. The predicted molar refractivity (Wildman–Crippen MR) is 185 cm³/mol. The van der Waals surface area contributed by atoms with Crippen molar-refractivity contribution in [1.29, 1.82) is 0 Å². The Balaban J connectivity index is 1.36. The van der Waals surface area contributed by atoms with E-state index in [0.717, 1.165) is 25.8 Å². The number of rotatable bonds is 8. The average Bonchev–Trinajstić information content (AvgIpc) is 3.54. The second-order valence-electron chi connectivity index (χ2n) is 12.8. The number of nitrogens with one attached hydrogen (secondary N) is 2. The summed E-state index contributed by atoms with van der Waals surface area (Å²) in [4.78, 5) is 31.3. The molecule has 11 heteroatoms. The molecule has 0 bridgehead atoms. The molecule has 0 aliphatic carbocycles. The topological polar surface area (TPSA) is 122 Å². The van der Waals surface area contributed by atoms with Crippen LogP contribution in [-0.2, 0) is 11.3 Å². The highest BCUT2D eigenvalue weighted by molar-refractivity contribution is 6.02. The second kappa shape index (κ2) is 16.7. The molecule has 258 valence electrons. The molecule has 2 aliphatic rings. The first-order valence-corrected chi connectivity index (χ1v) is 16.7. The van der Waals surface area contributed by atoms with Crippen LogP contribution in [0.15, 0.2) is 66.7 Å². The van der Waals surface area contributed by atoms with Crippen LogP contribution in [0.2, 0.25) is 0 Å². The van der Waals surface area contributed by atoms with Crippen LogP contribution < -0.4 is 24.8 Å². The lowest BCUT2D eigenvalue weighted by molar-refractivity contribution is -0.0177. The van der Waals surface area contributed by atoms with Crippen molar-refractivity contribution >= 4 is 23.3 Å². The van der Waals surface area contributed by atoms with E-state index in [9.17, 15) is 14.7 Å². The van der Waals surface area contributed by atoms with Crippen molar-refractivity contribution in [3.63, 3.8) is 0 Å². The minimum Gasteiger partial charge on any atom is -0.490 e. The number of amides is 3. The van der Waals surface area contributed by atoms with Gasteiger partial charge < -0.3 is 39.6 Å². The first kappa shape index (κ1) is 35.0. The molecule has 3 N–H and O–H groups in total. The molecular formula is C37H48N4O7. The molecule has 0 radical (unpaired) electrons. The van der Waals surface area contributed by atoms with Crippen LogP contribution in [0.1, 0.15) is 56.0 Å². The second-order valence-corrected chi connectivity index (χ2v) is 12.8. The fourth-order valence-corrected chi connectivity index (χ4v) is 6.00. The number of hydrogen-bond acceptors (Lipinski definition) is 8. The van der Waals surface area contributed by atoms with Gasteiger partial charge in [0.2, 0.25) is 6.79 Å². The van der Waals surface area contributed by atoms with Crippen LogP contribution in [0.4, 0.5) is 16.2 Å². The van der Waals surface area contributed by atoms with Gasteiger partial charge in [0.15, 0.2) is 11.5 Å². The molecular weight excluding hydrogens is 612 g/mol. The van der Waals surface area contributed by atoms with Crippen LogP contribution >= 0.6 is 0 Å². The summed E-state index contributed by atoms with van der Waals surface area (Å²) in [5.41, 5.74) is 2.49. The lowest BCUT2D eigenvalue weighted by Crippen LogP contribution is -2.47. The maximum atomic E-state index is 14.4. The van der Waals surface area contributed by atoms with Gasteiger partial charge in [-0.05, 0) is 76.1 Å². The summed E-state index contributed by atoms with van der Waals surface area (Å²) in [6, 6.07) is 19.6. The summed E-state index contributed by atoms with van der Waals surface area (Å²) in [6.45, 7) is 8.29. The van der Waals surface area contributed by atoms with Gasteiger partial charge in [-0.3, -0.25) is 9.69 Å². The van der Waals surface area contributed by atoms with E-state index in [1.165, 1.54) is 5.56 Å². The van der Waals surface area contributed by atoms with E-state index in [-0.39, 0.29) is 37.4 Å². The zero-order valence-electron chi connectivity index (χ0n) is 28.3. The molecule has 0 aromatic heterocycles. The van der Waals surface area contributed by atoms with E-state index in [1.807, 2.05) is 32.0 Å². The maximum Gasteiger partial charge on any atom is 0.323 e. The molecule has 2 heterocycles. The number of carbonyl (C=O) groups is 2. The van der Waals surface area contributed by atoms with Crippen LogP contribution in [0.3, 0.4) is 0 Å². The van der Waals surface area contributed by atoms with Crippen molar-refractivity contribution in [2.45, 2.75) is 64.8 Å². The van der Waals surface area contributed by atoms with E-state index in [1.54, 1.807) is 41.3 Å². The molecule has 3 amide bonds. The Labute approximate surface area is 283 Å². The molecule has 2 aliphatic heterocycles. The van der Waals surface area contributed by atoms with Gasteiger partial charge >= 0.3 is 6.03 Å². The molecule has 3 aromatic carbocycles. The standard InChI is InChI=1S/C37H48N4O7/c1-25-20-41(26(2)23-42)36(43)31-18-29(38-37(44)39-30-14-16-33-34(19-30)47-24-46-33)13-15-32(31)48-27(3)10-8-9-17-45-35(25)22-40(4)21-28-11-6-5-7-12-28/h5-7,11-16,18-19,25-27,35,42H,8-10,17,20-24H2,1-4H3,(H2,38,39,44)/t25-,26-,27-,35-/m0/s1. The highest BCUT2D eigenvalue weighted by atomic mass is 16.7. The summed E-state index contributed by atoms with van der Waals surface area (Å²) in [5.74, 6) is 1.27. The van der Waals surface area contributed by atoms with Crippen LogP contribution in [0.5, 0.6) is 17.2 Å². The summed E-state index contributed by atoms with van der Waals surface area (Å²) in [7, 11) is 2.08. The van der Waals surface area contributed by atoms with Crippen molar-refractivity contribution < 1.29 is 33.6 Å². The largest absolute Gasteiger partial charge is 0.490 e. The summed E-state index contributed by atoms with van der Waals surface area (Å²) < 4.78 is 23.6. The number of hydrogen-bond donors (Lipinski definition) is 3. The van der Waals surface area contributed by atoms with Gasteiger partial charge in [0, 0.05) is 49.6 Å². The number of aliphatic hydroxyl groups excluding tert-OH is 1. The number of anilines is 2. The quantitative estimate of drug-likeness (QED) is 0.270. The van der Waals surface area contributed by atoms with Crippen molar-refractivity contribution in [3.8, 4) is 17.2 Å². The van der Waals surface area contributed by atoms with E-state index >= 15 is 0 Å². The SMILES string of the molecule is C[C@H]1CCCCO[C@@H](CN(C)Cc2ccccc2)[C@@H](C)CN([C@@H](C)CO)C(=O)c2cc(NC(=O)Nc3ccc4c(c3)OCO4)ccc2O1. The van der Waals surface area contributed by atoms with Gasteiger partial charge in [-0.15, -0.1) is 0 Å². The first-order valence-electron chi connectivity index (χ1n) is 16.7. The van der Waals surface area contributed by atoms with Crippen molar-refractivity contribution in [2.24, 2.45) is 5.92 Å². The number of aliphatic hydroxyl groups is 1. The number of fused-ring (bicyclic) bond motifs is 2. The van der Waals surface area contributed by atoms with Gasteiger partial charge in [0.1, 0.15) is 5.75 Å². The molecule has 48 heavy (non-hydrogen) atoms. The van der Waals surface area contributed by atoms with E-state index in [0.29, 0.717) is 53.9 Å². The molecule has 0 saturated heterocycles. The zero-order valence-corrected chi connectivity index (χ0v) is 28.3. The van der Waals surface area contributed by atoms with Gasteiger partial charge in [0.05, 0.1) is 30.4 Å². The highest BCUT2D eigenvalue weighted by Gasteiger charge is 2.30. The maximum absolute atomic E-state index is 14.4. The Morgan fingerprint density at radius 3 is 2.44 bits per heavy atom. The smallest absolute Gasteiger partial charge is 0.323 e. The fourth-order valence-electron chi connectivity index (χ4n) is 6.00. The number of urea groups is 1. The Hall–Kier alpha value is -4.32. The third-order valence-corrected chi connectivity index (χ3v) is 8.73. The third-order valence-electron chi connectivity index (χ3n) is 8.73. The highest BCUT2D eigenvalue weighted by Crippen LogP contribution is 2.34. The van der Waals surface area contributed by atoms with Gasteiger partial charge in [0.25, 0.3) is 5.91 Å². The number of ether oxygens (including phenoxy) is 4. The van der Waals surface area contributed by atoms with E-state index in [4.69, 9.17) is 18.9 Å². The minimum absolute atomic E-state index is 0.0406. The van der Waals surface area contributed by atoms with Gasteiger partial charge in [-0.1, -0.05) is 37.3 Å². The number of nitrogens with zero attached hydrogens (tertiary/aromatic N) is 2. The van der Waals surface area contributed by atoms with E-state index in [2.05, 4.69) is 41.6 Å². The molecule has 0 unspecified atom stereocenters. The zero-order chi connectivity index (χ0) is 34.0. The lowest BCUT2D eigenvalue weighted by Gasteiger charge is -2.36. The van der Waals surface area contributed by atoms with Gasteiger partial charge in [-0.25, -0.2) is 4.79 Å². The third kappa shape index (κ3) is 9.40. The van der Waals surface area contributed by atoms with Crippen molar-refractivity contribution in [1.82, 2.24) is 9.80 Å². The van der Waals surface area contributed by atoms with Crippen molar-refractivity contribution in [2.75, 3.05) is 50.8 Å². The summed E-state index contributed by atoms with van der Waals surface area (Å²) in [6.07, 6.45) is 2.31. The molecule has 0 saturated carbocycles. The monoisotopic (exact) mass is 660 g/mol. The fraction of sp³-hybridized carbons (Fsp3) is 0.459. The predicted octanol–water partition coefficient (Wildman–Crippen LogP) is 5.99. The van der Waals surface area contributed by atoms with Crippen LogP contribution in [0.25, 0.3) is 0 Å². The number of benzene rings is 3. The van der Waals surface area contributed by atoms with Crippen LogP contribution in [-0.4, -0.2) is 85.2 Å². The number of carbonyl (C=O) groups excluding carboxylic acids is 2. The van der Waals surface area contributed by atoms with Crippen LogP contribution in [0, 0.1) is 5.92 Å². The Kier molecular flexibility index (Phi) is 12.2. The normalized spacial score (nSPS) is 20.8. The van der Waals surface area contributed by atoms with E-state index < -0.39 is 12.1 Å². The van der Waals surface area contributed by atoms with Crippen molar-refractivity contribution in [3.05, 3.63) is 77.9 Å². The molecule has 11 nitrogen and oxygen atoms in total. The molecule has 0 fully saturated rings. The lowest BCUT2D eigenvalue weighted by atomic mass is 10.0. The Morgan fingerprint density at radius 2 is 1.69 bits per heavy atom.